The van der Waals surface area contributed by atoms with Crippen molar-refractivity contribution in [1.29, 1.82) is 0 Å². The first-order chi connectivity index (χ1) is 11.3. The molecule has 126 valence electrons. The Morgan fingerprint density at radius 1 is 1.35 bits per heavy atom. The van der Waals surface area contributed by atoms with Crippen molar-refractivity contribution in [2.45, 2.75) is 25.8 Å². The molecule has 0 radical (unpaired) electrons. The molecule has 2 fully saturated rings. The summed E-state index contributed by atoms with van der Waals surface area (Å²) in [4.78, 5) is 20.9. The van der Waals surface area contributed by atoms with Gasteiger partial charge in [0.15, 0.2) is 0 Å². The van der Waals surface area contributed by atoms with Crippen LogP contribution in [-0.2, 0) is 4.74 Å². The molecule has 1 N–H and O–H groups in total. The zero-order valence-corrected chi connectivity index (χ0v) is 13.8. The molecule has 2 saturated heterocycles. The Bertz CT molecular complexity index is 511. The van der Waals surface area contributed by atoms with E-state index < -0.39 is 0 Å². The molecular formula is C17H26N4O2. The summed E-state index contributed by atoms with van der Waals surface area (Å²) in [5.41, 5.74) is 0. The van der Waals surface area contributed by atoms with Crippen LogP contribution in [0.1, 0.15) is 19.8 Å². The van der Waals surface area contributed by atoms with Crippen LogP contribution < -0.4 is 10.2 Å². The van der Waals surface area contributed by atoms with E-state index in [4.69, 9.17) is 4.74 Å². The lowest BCUT2D eigenvalue weighted by Crippen LogP contribution is -2.45. The average molecular weight is 318 g/mol. The highest BCUT2D eigenvalue weighted by Gasteiger charge is 2.30. The number of hydrogen-bond donors (Lipinski definition) is 1. The minimum Gasteiger partial charge on any atom is -0.381 e. The summed E-state index contributed by atoms with van der Waals surface area (Å²) >= 11 is 0. The van der Waals surface area contributed by atoms with Crippen LogP contribution in [0.15, 0.2) is 24.4 Å². The molecule has 0 aromatic carbocycles. The van der Waals surface area contributed by atoms with Gasteiger partial charge in [-0.2, -0.15) is 0 Å². The van der Waals surface area contributed by atoms with Gasteiger partial charge in [0.2, 0.25) is 0 Å². The molecule has 6 heteroatoms. The smallest absolute Gasteiger partial charge is 0.317 e. The summed E-state index contributed by atoms with van der Waals surface area (Å²) in [5, 5.41) is 3.17. The highest BCUT2D eigenvalue weighted by Crippen LogP contribution is 2.19. The van der Waals surface area contributed by atoms with E-state index in [2.05, 4.69) is 15.2 Å². The van der Waals surface area contributed by atoms with Gasteiger partial charge in [-0.15, -0.1) is 0 Å². The van der Waals surface area contributed by atoms with E-state index in [1.54, 1.807) is 0 Å². The zero-order valence-electron chi connectivity index (χ0n) is 13.8. The maximum absolute atomic E-state index is 12.4. The SMILES string of the molecule is CCOC[C@@H]1CCN(C(=O)N[C@@H]2CCN(c3ccccn3)C2)C1. The van der Waals surface area contributed by atoms with Gasteiger partial charge in [0, 0.05) is 50.9 Å². The molecule has 2 amide bonds. The molecule has 0 aliphatic carbocycles. The lowest BCUT2D eigenvalue weighted by atomic mass is 10.1. The molecule has 0 saturated carbocycles. The van der Waals surface area contributed by atoms with Crippen LogP contribution in [-0.4, -0.2) is 61.3 Å². The van der Waals surface area contributed by atoms with Crippen LogP contribution >= 0.6 is 0 Å². The largest absolute Gasteiger partial charge is 0.381 e. The van der Waals surface area contributed by atoms with Crippen molar-refractivity contribution in [3.05, 3.63) is 24.4 Å². The number of nitrogens with zero attached hydrogens (tertiary/aromatic N) is 3. The van der Waals surface area contributed by atoms with Crippen molar-refractivity contribution in [3.8, 4) is 0 Å². The van der Waals surface area contributed by atoms with Gasteiger partial charge < -0.3 is 19.9 Å². The minimum absolute atomic E-state index is 0.0665. The second kappa shape index (κ2) is 7.64. The van der Waals surface area contributed by atoms with E-state index in [1.165, 1.54) is 0 Å². The normalized spacial score (nSPS) is 24.2. The summed E-state index contributed by atoms with van der Waals surface area (Å²) in [5.74, 6) is 1.47. The van der Waals surface area contributed by atoms with E-state index >= 15 is 0 Å². The van der Waals surface area contributed by atoms with Crippen LogP contribution in [0.25, 0.3) is 0 Å². The van der Waals surface area contributed by atoms with Gasteiger partial charge >= 0.3 is 6.03 Å². The van der Waals surface area contributed by atoms with Gasteiger partial charge in [-0.3, -0.25) is 0 Å². The Morgan fingerprint density at radius 2 is 2.26 bits per heavy atom. The molecule has 2 aliphatic heterocycles. The zero-order chi connectivity index (χ0) is 16.1. The fourth-order valence-electron chi connectivity index (χ4n) is 3.33. The number of anilines is 1. The number of nitrogens with one attached hydrogen (secondary N) is 1. The first kappa shape index (κ1) is 16.1. The second-order valence-corrected chi connectivity index (χ2v) is 6.33. The molecule has 3 heterocycles. The number of likely N-dealkylation sites (tertiary alicyclic amines) is 1. The number of pyridine rings is 1. The van der Waals surface area contributed by atoms with Crippen molar-refractivity contribution >= 4 is 11.8 Å². The van der Waals surface area contributed by atoms with Gasteiger partial charge in [0.1, 0.15) is 5.82 Å². The molecule has 1 aromatic rings. The van der Waals surface area contributed by atoms with E-state index in [0.29, 0.717) is 5.92 Å². The third-order valence-electron chi connectivity index (χ3n) is 4.62. The quantitative estimate of drug-likeness (QED) is 0.898. The van der Waals surface area contributed by atoms with Gasteiger partial charge in [0.05, 0.1) is 6.61 Å². The van der Waals surface area contributed by atoms with Gasteiger partial charge in [0.25, 0.3) is 0 Å². The molecule has 2 atom stereocenters. The third kappa shape index (κ3) is 4.13. The Hall–Kier alpha value is -1.82. The maximum Gasteiger partial charge on any atom is 0.317 e. The Kier molecular flexibility index (Phi) is 5.33. The molecule has 0 unspecified atom stereocenters. The predicted molar refractivity (Wildman–Crippen MR) is 89.6 cm³/mol. The topological polar surface area (TPSA) is 57.7 Å². The van der Waals surface area contributed by atoms with Gasteiger partial charge in [-0.25, -0.2) is 9.78 Å². The van der Waals surface area contributed by atoms with Crippen molar-refractivity contribution in [2.75, 3.05) is 44.3 Å². The Balaban J connectivity index is 1.44. The number of hydrogen-bond acceptors (Lipinski definition) is 4. The molecule has 3 rings (SSSR count). The summed E-state index contributed by atoms with van der Waals surface area (Å²) in [6, 6.07) is 6.21. The van der Waals surface area contributed by atoms with Crippen LogP contribution in [0.3, 0.4) is 0 Å². The van der Waals surface area contributed by atoms with E-state index in [1.807, 2.05) is 36.2 Å². The lowest BCUT2D eigenvalue weighted by molar-refractivity contribution is 0.113. The first-order valence-corrected chi connectivity index (χ1v) is 8.55. The number of carbonyl (C=O) groups excluding carboxylic acids is 1. The number of rotatable bonds is 5. The fraction of sp³-hybridized carbons (Fsp3) is 0.647. The minimum atomic E-state index is 0.0665. The van der Waals surface area contributed by atoms with Crippen LogP contribution in [0, 0.1) is 5.92 Å². The summed E-state index contributed by atoms with van der Waals surface area (Å²) in [6.45, 7) is 6.93. The second-order valence-electron chi connectivity index (χ2n) is 6.33. The van der Waals surface area contributed by atoms with Crippen molar-refractivity contribution < 1.29 is 9.53 Å². The van der Waals surface area contributed by atoms with Crippen LogP contribution in [0.2, 0.25) is 0 Å². The van der Waals surface area contributed by atoms with Crippen LogP contribution in [0.4, 0.5) is 10.6 Å². The predicted octanol–water partition coefficient (Wildman–Crippen LogP) is 1.73. The number of aromatic nitrogens is 1. The molecular weight excluding hydrogens is 292 g/mol. The monoisotopic (exact) mass is 318 g/mol. The molecule has 1 aromatic heterocycles. The fourth-order valence-corrected chi connectivity index (χ4v) is 3.33. The Labute approximate surface area is 137 Å². The number of ether oxygens (including phenoxy) is 1. The van der Waals surface area contributed by atoms with Crippen molar-refractivity contribution in [2.24, 2.45) is 5.92 Å². The molecule has 6 nitrogen and oxygen atoms in total. The van der Waals surface area contributed by atoms with Crippen LogP contribution in [0.5, 0.6) is 0 Å². The lowest BCUT2D eigenvalue weighted by Gasteiger charge is -2.21. The summed E-state index contributed by atoms with van der Waals surface area (Å²) in [7, 11) is 0. The number of carbonyl (C=O) groups is 1. The van der Waals surface area contributed by atoms with E-state index in [0.717, 1.165) is 58.1 Å². The van der Waals surface area contributed by atoms with Crippen molar-refractivity contribution in [1.82, 2.24) is 15.2 Å². The maximum atomic E-state index is 12.4. The van der Waals surface area contributed by atoms with Crippen molar-refractivity contribution in [3.63, 3.8) is 0 Å². The standard InChI is InChI=1S/C17H26N4O2/c1-2-23-13-14-6-9-21(11-14)17(22)19-15-7-10-20(12-15)16-5-3-4-8-18-16/h3-5,8,14-15H,2,6-7,9-13H2,1H3,(H,19,22)/t14-,15-/m1/s1. The van der Waals surface area contributed by atoms with E-state index in [9.17, 15) is 4.79 Å². The van der Waals surface area contributed by atoms with Gasteiger partial charge in [-0.05, 0) is 31.9 Å². The number of urea groups is 1. The highest BCUT2D eigenvalue weighted by atomic mass is 16.5. The molecule has 2 aliphatic rings. The summed E-state index contributed by atoms with van der Waals surface area (Å²) in [6.07, 6.45) is 3.82. The Morgan fingerprint density at radius 3 is 3.04 bits per heavy atom. The average Bonchev–Trinajstić information content (AvgIpc) is 3.23. The van der Waals surface area contributed by atoms with E-state index in [-0.39, 0.29) is 12.1 Å². The third-order valence-corrected chi connectivity index (χ3v) is 4.62. The molecule has 0 spiro atoms. The van der Waals surface area contributed by atoms with Gasteiger partial charge in [-0.1, -0.05) is 6.07 Å². The molecule has 0 bridgehead atoms. The highest BCUT2D eigenvalue weighted by molar-refractivity contribution is 5.75. The number of amides is 2. The summed E-state index contributed by atoms with van der Waals surface area (Å²) < 4.78 is 5.47. The molecule has 23 heavy (non-hydrogen) atoms. The first-order valence-electron chi connectivity index (χ1n) is 8.55.